The Labute approximate surface area is 211 Å². The molecule has 36 heavy (non-hydrogen) atoms. The first-order valence-electron chi connectivity index (χ1n) is 12.0. The van der Waals surface area contributed by atoms with Gasteiger partial charge >= 0.3 is 0 Å². The molecule has 0 atom stereocenters. The molecule has 0 radical (unpaired) electrons. The molecule has 1 fully saturated rings. The molecule has 10 heteroatoms. The number of aromatic nitrogens is 3. The average molecular weight is 511 g/mol. The van der Waals surface area contributed by atoms with E-state index in [0.29, 0.717) is 35.0 Å². The summed E-state index contributed by atoms with van der Waals surface area (Å²) >= 11 is 1.15. The van der Waals surface area contributed by atoms with E-state index in [4.69, 9.17) is 0 Å². The molecule has 0 amide bonds. The van der Waals surface area contributed by atoms with Crippen LogP contribution in [0.5, 0.6) is 0 Å². The Kier molecular flexibility index (Phi) is 6.58. The summed E-state index contributed by atoms with van der Waals surface area (Å²) in [5, 5.41) is 15.5. The van der Waals surface area contributed by atoms with E-state index >= 15 is 4.39 Å². The predicted molar refractivity (Wildman–Crippen MR) is 136 cm³/mol. The molecule has 0 bridgehead atoms. The SMILES string of the molecule is CCN(c1nc(-c2ccc(F)c(F)c2)c(C#N)s1)c1c2cc(N3CCCCC3)cc(F)c2nn1CC. The summed E-state index contributed by atoms with van der Waals surface area (Å²) < 4.78 is 44.4. The Morgan fingerprint density at radius 3 is 2.47 bits per heavy atom. The third kappa shape index (κ3) is 4.17. The highest BCUT2D eigenvalue weighted by Gasteiger charge is 2.26. The molecule has 5 rings (SSSR count). The molecule has 0 N–H and O–H groups in total. The fourth-order valence-electron chi connectivity index (χ4n) is 4.72. The zero-order valence-corrected chi connectivity index (χ0v) is 20.9. The van der Waals surface area contributed by atoms with Crippen molar-refractivity contribution in [1.82, 2.24) is 14.8 Å². The van der Waals surface area contributed by atoms with Gasteiger partial charge in [-0.15, -0.1) is 0 Å². The van der Waals surface area contributed by atoms with E-state index in [1.54, 1.807) is 10.7 Å². The molecule has 1 saturated heterocycles. The topological polar surface area (TPSA) is 61.0 Å². The van der Waals surface area contributed by atoms with Crippen molar-refractivity contribution in [3.8, 4) is 17.3 Å². The second-order valence-electron chi connectivity index (χ2n) is 8.67. The number of anilines is 3. The van der Waals surface area contributed by atoms with Crippen LogP contribution in [0.2, 0.25) is 0 Å². The lowest BCUT2D eigenvalue weighted by molar-refractivity contribution is 0.509. The molecule has 0 unspecified atom stereocenters. The van der Waals surface area contributed by atoms with E-state index in [9.17, 15) is 14.0 Å². The van der Waals surface area contributed by atoms with Crippen molar-refractivity contribution in [1.29, 1.82) is 5.26 Å². The highest BCUT2D eigenvalue weighted by molar-refractivity contribution is 7.16. The fraction of sp³-hybridized carbons (Fsp3) is 0.346. The number of hydrogen-bond acceptors (Lipinski definition) is 6. The maximum absolute atomic E-state index is 15.3. The van der Waals surface area contributed by atoms with Crippen LogP contribution >= 0.6 is 11.3 Å². The minimum atomic E-state index is -1.01. The second-order valence-corrected chi connectivity index (χ2v) is 9.65. The standard InChI is InChI=1S/C26H25F3N6S/c1-3-34(26-31-23(22(15-30)36-26)16-8-9-19(27)20(28)12-16)25-18-13-17(33-10-6-5-7-11-33)14-21(29)24(18)32-35(25)4-2/h8-9,12-14H,3-7,10-11H2,1-2H3. The molecule has 1 aliphatic rings. The van der Waals surface area contributed by atoms with Crippen LogP contribution in [0.3, 0.4) is 0 Å². The highest BCUT2D eigenvalue weighted by Crippen LogP contribution is 2.40. The third-order valence-electron chi connectivity index (χ3n) is 6.49. The Morgan fingerprint density at radius 1 is 1.03 bits per heavy atom. The molecule has 6 nitrogen and oxygen atoms in total. The molecule has 2 aromatic carbocycles. The maximum Gasteiger partial charge on any atom is 0.192 e. The van der Waals surface area contributed by atoms with Gasteiger partial charge in [-0.05, 0) is 63.4 Å². The van der Waals surface area contributed by atoms with Crippen LogP contribution < -0.4 is 9.80 Å². The monoisotopic (exact) mass is 510 g/mol. The van der Waals surface area contributed by atoms with E-state index in [1.807, 2.05) is 24.8 Å². The van der Waals surface area contributed by atoms with Crippen LogP contribution in [0.15, 0.2) is 30.3 Å². The van der Waals surface area contributed by atoms with Gasteiger partial charge < -0.3 is 9.80 Å². The number of rotatable bonds is 6. The van der Waals surface area contributed by atoms with Crippen LogP contribution in [0.1, 0.15) is 38.0 Å². The third-order valence-corrected chi connectivity index (χ3v) is 7.47. The quantitative estimate of drug-likeness (QED) is 0.292. The number of aryl methyl sites for hydroxylation is 1. The van der Waals surface area contributed by atoms with Gasteiger partial charge in [-0.2, -0.15) is 10.4 Å². The molecule has 4 aromatic rings. The smallest absolute Gasteiger partial charge is 0.192 e. The summed E-state index contributed by atoms with van der Waals surface area (Å²) in [6, 6.07) is 9.12. The van der Waals surface area contributed by atoms with Crippen molar-refractivity contribution >= 4 is 38.9 Å². The van der Waals surface area contributed by atoms with Crippen molar-refractivity contribution in [3.63, 3.8) is 0 Å². The predicted octanol–water partition coefficient (Wildman–Crippen LogP) is 6.62. The van der Waals surface area contributed by atoms with Crippen LogP contribution in [0.25, 0.3) is 22.2 Å². The van der Waals surface area contributed by atoms with Gasteiger partial charge in [-0.1, -0.05) is 11.3 Å². The Balaban J connectivity index is 1.65. The van der Waals surface area contributed by atoms with E-state index in [1.165, 1.54) is 12.5 Å². The number of nitriles is 1. The van der Waals surface area contributed by atoms with E-state index in [2.05, 4.69) is 21.1 Å². The number of fused-ring (bicyclic) bond motifs is 1. The zero-order valence-electron chi connectivity index (χ0n) is 20.1. The molecule has 3 heterocycles. The normalized spacial score (nSPS) is 13.8. The first-order valence-corrected chi connectivity index (χ1v) is 12.9. The fourth-order valence-corrected chi connectivity index (χ4v) is 5.67. The summed E-state index contributed by atoms with van der Waals surface area (Å²) in [4.78, 5) is 9.03. The molecule has 0 spiro atoms. The van der Waals surface area contributed by atoms with E-state index in [-0.39, 0.29) is 21.9 Å². The molecular weight excluding hydrogens is 485 g/mol. The van der Waals surface area contributed by atoms with Crippen molar-refractivity contribution in [2.75, 3.05) is 29.4 Å². The first-order chi connectivity index (χ1) is 17.4. The summed E-state index contributed by atoms with van der Waals surface area (Å²) in [6.07, 6.45) is 3.32. The largest absolute Gasteiger partial charge is 0.371 e. The lowest BCUT2D eigenvalue weighted by Gasteiger charge is -2.29. The second kappa shape index (κ2) is 9.82. The van der Waals surface area contributed by atoms with E-state index < -0.39 is 11.6 Å². The van der Waals surface area contributed by atoms with Crippen LogP contribution in [0.4, 0.5) is 29.8 Å². The van der Waals surface area contributed by atoms with E-state index in [0.717, 1.165) is 55.1 Å². The summed E-state index contributed by atoms with van der Waals surface area (Å²) in [5.41, 5.74) is 1.70. The Bertz CT molecular complexity index is 1460. The summed E-state index contributed by atoms with van der Waals surface area (Å²) in [5.74, 6) is -1.67. The molecule has 0 saturated carbocycles. The minimum absolute atomic E-state index is 0.279. The van der Waals surface area contributed by atoms with Crippen LogP contribution in [-0.4, -0.2) is 34.4 Å². The number of piperidine rings is 1. The molecular formula is C26H25F3N6S. The highest BCUT2D eigenvalue weighted by atomic mass is 32.1. The minimum Gasteiger partial charge on any atom is -0.371 e. The van der Waals surface area contributed by atoms with Gasteiger partial charge in [0.1, 0.15) is 28.0 Å². The van der Waals surface area contributed by atoms with Gasteiger partial charge in [-0.25, -0.2) is 22.8 Å². The number of hydrogen-bond donors (Lipinski definition) is 0. The Hall–Kier alpha value is -3.58. The number of benzene rings is 2. The summed E-state index contributed by atoms with van der Waals surface area (Å²) in [7, 11) is 0. The van der Waals surface area contributed by atoms with Crippen molar-refractivity contribution in [3.05, 3.63) is 52.7 Å². The van der Waals surface area contributed by atoms with Gasteiger partial charge in [0, 0.05) is 42.8 Å². The lowest BCUT2D eigenvalue weighted by Crippen LogP contribution is -2.29. The molecule has 0 aliphatic carbocycles. The number of halogens is 3. The molecule has 2 aromatic heterocycles. The molecule has 1 aliphatic heterocycles. The zero-order chi connectivity index (χ0) is 25.4. The van der Waals surface area contributed by atoms with Crippen molar-refractivity contribution < 1.29 is 13.2 Å². The Morgan fingerprint density at radius 2 is 1.81 bits per heavy atom. The maximum atomic E-state index is 15.3. The molecule has 186 valence electrons. The number of thiazole rings is 1. The average Bonchev–Trinajstić information content (AvgIpc) is 3.49. The lowest BCUT2D eigenvalue weighted by atomic mass is 10.1. The van der Waals surface area contributed by atoms with Crippen LogP contribution in [-0.2, 0) is 6.54 Å². The first kappa shape index (κ1) is 24.1. The van der Waals surface area contributed by atoms with Crippen LogP contribution in [0, 0.1) is 28.8 Å². The van der Waals surface area contributed by atoms with Gasteiger partial charge in [0.05, 0.1) is 0 Å². The van der Waals surface area contributed by atoms with Gasteiger partial charge in [0.25, 0.3) is 0 Å². The van der Waals surface area contributed by atoms with Gasteiger partial charge in [-0.3, -0.25) is 0 Å². The summed E-state index contributed by atoms with van der Waals surface area (Å²) in [6.45, 7) is 6.62. The van der Waals surface area contributed by atoms with Crippen molar-refractivity contribution in [2.24, 2.45) is 0 Å². The van der Waals surface area contributed by atoms with Gasteiger partial charge in [0.2, 0.25) is 0 Å². The van der Waals surface area contributed by atoms with Crippen molar-refractivity contribution in [2.45, 2.75) is 39.7 Å². The number of nitrogens with zero attached hydrogens (tertiary/aromatic N) is 6. The van der Waals surface area contributed by atoms with Gasteiger partial charge in [0.15, 0.2) is 22.6 Å².